The molecule has 2 aliphatic rings. The zero-order valence-corrected chi connectivity index (χ0v) is 17.3. The van der Waals surface area contributed by atoms with Crippen LogP contribution in [0.3, 0.4) is 0 Å². The van der Waals surface area contributed by atoms with Gasteiger partial charge in [-0.05, 0) is 50.8 Å². The number of hydrogen-bond donors (Lipinski definition) is 0. The Kier molecular flexibility index (Phi) is 5.26. The van der Waals surface area contributed by atoms with Gasteiger partial charge in [-0.15, -0.1) is 0 Å². The number of benzene rings is 2. The smallest absolute Gasteiger partial charge is 0.207 e. The van der Waals surface area contributed by atoms with Crippen LogP contribution in [0.5, 0.6) is 0 Å². The summed E-state index contributed by atoms with van der Waals surface area (Å²) in [5, 5.41) is 0. The van der Waals surface area contributed by atoms with Crippen molar-refractivity contribution >= 4 is 10.0 Å². The van der Waals surface area contributed by atoms with E-state index in [1.807, 2.05) is 37.3 Å². The standard InChI is InChI=1S/C24H27NO2S/c1-18-13-15-21(16-14-18)28(26,27)25-17-23-19(2)9-5-3-8-12-22(23)24(25)20-10-6-4-7-11-20/h3-7,10-11,13-16,22,24H,8-9,12,17H2,1-2H3/b5-3-,23-19-/t22-,24-/m1/s1. The molecule has 0 unspecified atom stereocenters. The van der Waals surface area contributed by atoms with E-state index >= 15 is 0 Å². The lowest BCUT2D eigenvalue weighted by Gasteiger charge is -2.28. The van der Waals surface area contributed by atoms with Crippen molar-refractivity contribution < 1.29 is 8.42 Å². The van der Waals surface area contributed by atoms with Crippen molar-refractivity contribution in [1.82, 2.24) is 4.31 Å². The average molecular weight is 394 g/mol. The summed E-state index contributed by atoms with van der Waals surface area (Å²) in [5.41, 5.74) is 4.75. The summed E-state index contributed by atoms with van der Waals surface area (Å²) >= 11 is 0. The van der Waals surface area contributed by atoms with Crippen molar-refractivity contribution in [3.8, 4) is 0 Å². The van der Waals surface area contributed by atoms with Crippen LogP contribution < -0.4 is 0 Å². The summed E-state index contributed by atoms with van der Waals surface area (Å²) in [6, 6.07) is 17.2. The van der Waals surface area contributed by atoms with Crippen LogP contribution in [0, 0.1) is 12.8 Å². The van der Waals surface area contributed by atoms with Gasteiger partial charge in [-0.3, -0.25) is 0 Å². The Bertz CT molecular complexity index is 1000. The molecule has 1 heterocycles. The van der Waals surface area contributed by atoms with E-state index in [9.17, 15) is 8.42 Å². The normalized spacial score (nSPS) is 27.1. The molecule has 0 aromatic heterocycles. The first-order valence-electron chi connectivity index (χ1n) is 9.95. The zero-order valence-electron chi connectivity index (χ0n) is 16.5. The largest absolute Gasteiger partial charge is 0.243 e. The summed E-state index contributed by atoms with van der Waals surface area (Å²) in [6.07, 6.45) is 7.32. The number of fused-ring (bicyclic) bond motifs is 1. The Morgan fingerprint density at radius 3 is 2.36 bits per heavy atom. The van der Waals surface area contributed by atoms with Crippen molar-refractivity contribution in [3.63, 3.8) is 0 Å². The van der Waals surface area contributed by atoms with Crippen molar-refractivity contribution in [1.29, 1.82) is 0 Å². The Morgan fingerprint density at radius 1 is 0.929 bits per heavy atom. The molecule has 3 nitrogen and oxygen atoms in total. The lowest BCUT2D eigenvalue weighted by atomic mass is 9.83. The topological polar surface area (TPSA) is 37.4 Å². The molecular formula is C24H27NO2S. The molecule has 28 heavy (non-hydrogen) atoms. The highest BCUT2D eigenvalue weighted by Crippen LogP contribution is 2.47. The van der Waals surface area contributed by atoms with Gasteiger partial charge in [-0.1, -0.05) is 71.3 Å². The van der Waals surface area contributed by atoms with E-state index in [0.29, 0.717) is 11.4 Å². The Labute approximate surface area is 168 Å². The fourth-order valence-corrected chi connectivity index (χ4v) is 6.10. The van der Waals surface area contributed by atoms with E-state index in [1.165, 1.54) is 11.1 Å². The van der Waals surface area contributed by atoms with Crippen LogP contribution in [0.15, 0.2) is 82.8 Å². The van der Waals surface area contributed by atoms with Gasteiger partial charge in [0.1, 0.15) is 0 Å². The third-order valence-electron chi connectivity index (χ3n) is 6.02. The molecule has 1 fully saturated rings. The van der Waals surface area contributed by atoms with Gasteiger partial charge in [0.05, 0.1) is 10.9 Å². The molecule has 1 aliphatic carbocycles. The van der Waals surface area contributed by atoms with Crippen molar-refractivity contribution in [3.05, 3.63) is 89.0 Å². The summed E-state index contributed by atoms with van der Waals surface area (Å²) in [7, 11) is -3.58. The number of allylic oxidation sites excluding steroid dienone is 3. The molecule has 2 atom stereocenters. The van der Waals surface area contributed by atoms with Crippen LogP contribution in [-0.2, 0) is 10.0 Å². The second kappa shape index (κ2) is 7.69. The predicted molar refractivity (Wildman–Crippen MR) is 113 cm³/mol. The second-order valence-corrected chi connectivity index (χ2v) is 9.77. The first-order chi connectivity index (χ1) is 13.5. The van der Waals surface area contributed by atoms with Gasteiger partial charge in [0.25, 0.3) is 0 Å². The Balaban J connectivity index is 1.84. The summed E-state index contributed by atoms with van der Waals surface area (Å²) in [5.74, 6) is 0.229. The fourth-order valence-electron chi connectivity index (χ4n) is 4.47. The molecule has 0 spiro atoms. The maximum Gasteiger partial charge on any atom is 0.243 e. The van der Waals surface area contributed by atoms with Gasteiger partial charge < -0.3 is 0 Å². The van der Waals surface area contributed by atoms with Crippen LogP contribution in [0.1, 0.15) is 43.4 Å². The lowest BCUT2D eigenvalue weighted by molar-refractivity contribution is 0.338. The molecule has 2 aromatic carbocycles. The van der Waals surface area contributed by atoms with Crippen molar-refractivity contribution in [2.45, 2.75) is 44.0 Å². The predicted octanol–water partition coefficient (Wildman–Crippen LogP) is 5.41. The number of sulfonamides is 1. The quantitative estimate of drug-likeness (QED) is 0.654. The van der Waals surface area contributed by atoms with E-state index in [1.54, 1.807) is 16.4 Å². The molecule has 0 bridgehead atoms. The van der Waals surface area contributed by atoms with Gasteiger partial charge >= 0.3 is 0 Å². The first kappa shape index (κ1) is 19.2. The molecule has 2 aromatic rings. The minimum Gasteiger partial charge on any atom is -0.207 e. The third kappa shape index (κ3) is 3.47. The molecule has 0 radical (unpaired) electrons. The Morgan fingerprint density at radius 2 is 1.64 bits per heavy atom. The van der Waals surface area contributed by atoms with Crippen LogP contribution in [0.2, 0.25) is 0 Å². The van der Waals surface area contributed by atoms with Crippen LogP contribution in [0.4, 0.5) is 0 Å². The van der Waals surface area contributed by atoms with Crippen LogP contribution in [0.25, 0.3) is 0 Å². The maximum absolute atomic E-state index is 13.6. The minimum atomic E-state index is -3.58. The number of hydrogen-bond acceptors (Lipinski definition) is 2. The highest BCUT2D eigenvalue weighted by Gasteiger charge is 2.45. The number of aryl methyl sites for hydroxylation is 1. The first-order valence-corrected chi connectivity index (χ1v) is 11.4. The van der Waals surface area contributed by atoms with Crippen LogP contribution >= 0.6 is 0 Å². The summed E-state index contributed by atoms with van der Waals surface area (Å²) < 4.78 is 29.0. The number of rotatable bonds is 3. The van der Waals surface area contributed by atoms with E-state index in [-0.39, 0.29) is 12.0 Å². The summed E-state index contributed by atoms with van der Waals surface area (Å²) in [4.78, 5) is 0.379. The van der Waals surface area contributed by atoms with Crippen molar-refractivity contribution in [2.75, 3.05) is 6.54 Å². The van der Waals surface area contributed by atoms with Crippen LogP contribution in [-0.4, -0.2) is 19.3 Å². The molecule has 146 valence electrons. The average Bonchev–Trinajstić information content (AvgIpc) is 3.07. The third-order valence-corrected chi connectivity index (χ3v) is 7.86. The molecule has 0 N–H and O–H groups in total. The highest BCUT2D eigenvalue weighted by atomic mass is 32.2. The van der Waals surface area contributed by atoms with E-state index in [4.69, 9.17) is 0 Å². The maximum atomic E-state index is 13.6. The van der Waals surface area contributed by atoms with E-state index < -0.39 is 10.0 Å². The molecule has 1 aliphatic heterocycles. The monoisotopic (exact) mass is 393 g/mol. The zero-order chi connectivity index (χ0) is 19.7. The number of nitrogens with zero attached hydrogens (tertiary/aromatic N) is 1. The summed E-state index contributed by atoms with van der Waals surface area (Å²) in [6.45, 7) is 4.61. The molecular weight excluding hydrogens is 366 g/mol. The van der Waals surface area contributed by atoms with Gasteiger partial charge in [-0.2, -0.15) is 4.31 Å². The fraction of sp³-hybridized carbons (Fsp3) is 0.333. The lowest BCUT2D eigenvalue weighted by Crippen LogP contribution is -2.32. The van der Waals surface area contributed by atoms with Gasteiger partial charge in [0.15, 0.2) is 0 Å². The molecule has 1 saturated heterocycles. The SMILES string of the molecule is C/C1=C2\CN(S(=O)(=O)c3ccc(C)cc3)[C@H](c3ccccc3)[C@@H]2CC/C=C\C1. The molecule has 0 saturated carbocycles. The molecule has 4 rings (SSSR count). The molecule has 4 heteroatoms. The minimum absolute atomic E-state index is 0.149. The van der Waals surface area contributed by atoms with Gasteiger partial charge in [0, 0.05) is 12.5 Å². The van der Waals surface area contributed by atoms with E-state index in [2.05, 4.69) is 31.2 Å². The van der Waals surface area contributed by atoms with Gasteiger partial charge in [0.2, 0.25) is 10.0 Å². The molecule has 0 amide bonds. The second-order valence-electron chi connectivity index (χ2n) is 7.88. The Hall–Kier alpha value is -2.17. The van der Waals surface area contributed by atoms with Gasteiger partial charge in [-0.25, -0.2) is 8.42 Å². The van der Waals surface area contributed by atoms with E-state index in [0.717, 1.165) is 30.4 Å². The highest BCUT2D eigenvalue weighted by molar-refractivity contribution is 7.89. The van der Waals surface area contributed by atoms with Crippen molar-refractivity contribution in [2.24, 2.45) is 5.92 Å².